The molecule has 0 bridgehead atoms. The molecule has 0 spiro atoms. The van der Waals surface area contributed by atoms with Gasteiger partial charge in [-0.15, -0.1) is 11.3 Å². The summed E-state index contributed by atoms with van der Waals surface area (Å²) in [7, 11) is 1.52. The van der Waals surface area contributed by atoms with Crippen LogP contribution in [0.4, 0.5) is 17.8 Å². The van der Waals surface area contributed by atoms with Gasteiger partial charge < -0.3 is 24.0 Å². The predicted molar refractivity (Wildman–Crippen MR) is 138 cm³/mol. The third kappa shape index (κ3) is 5.71. The van der Waals surface area contributed by atoms with Crippen molar-refractivity contribution in [3.8, 4) is 11.5 Å². The minimum atomic E-state index is -0.425. The molecular formula is C24H27N7O4S. The first-order valence-electron chi connectivity index (χ1n) is 11.8. The van der Waals surface area contributed by atoms with Crippen molar-refractivity contribution >= 4 is 41.4 Å². The summed E-state index contributed by atoms with van der Waals surface area (Å²) in [4.78, 5) is 30.9. The Hall–Kier alpha value is -3.77. The van der Waals surface area contributed by atoms with Gasteiger partial charge in [-0.2, -0.15) is 20.1 Å². The number of methoxy groups -OCH3 is 1. The van der Waals surface area contributed by atoms with E-state index in [2.05, 4.69) is 30.3 Å². The van der Waals surface area contributed by atoms with Crippen LogP contribution in [0.15, 0.2) is 40.8 Å². The predicted octanol–water partition coefficient (Wildman–Crippen LogP) is 3.04. The molecule has 1 N–H and O–H groups in total. The number of hydrogen-bond donors (Lipinski definition) is 1. The summed E-state index contributed by atoms with van der Waals surface area (Å²) in [6, 6.07) is 8.72. The average molecular weight is 510 g/mol. The van der Waals surface area contributed by atoms with Gasteiger partial charge in [-0.25, -0.2) is 10.2 Å². The van der Waals surface area contributed by atoms with Crippen LogP contribution in [0.5, 0.6) is 11.5 Å². The smallest absolute Gasteiger partial charge is 0.353 e. The Balaban J connectivity index is 1.30. The maximum Gasteiger partial charge on any atom is 0.353 e. The number of esters is 1. The van der Waals surface area contributed by atoms with Crippen molar-refractivity contribution in [2.75, 3.05) is 61.7 Å². The number of hydrazone groups is 1. The Labute approximate surface area is 212 Å². The molecule has 0 atom stereocenters. The third-order valence-corrected chi connectivity index (χ3v) is 6.64. The lowest BCUT2D eigenvalue weighted by molar-refractivity contribution is 0.0735. The highest BCUT2D eigenvalue weighted by Gasteiger charge is 2.21. The molecule has 0 aliphatic carbocycles. The third-order valence-electron chi connectivity index (χ3n) is 5.79. The van der Waals surface area contributed by atoms with Crippen molar-refractivity contribution in [3.63, 3.8) is 0 Å². The molecule has 2 aromatic heterocycles. The van der Waals surface area contributed by atoms with E-state index in [9.17, 15) is 4.79 Å². The topological polar surface area (TPSA) is 114 Å². The Bertz CT molecular complexity index is 1210. The SMILES string of the molecule is COc1cc(/C=N\Nc2nc(N3CCCC3)nc(N3CCOCC3)n2)ccc1OC(=O)c1cccs1. The average Bonchev–Trinajstić information content (AvgIpc) is 3.65. The molecule has 4 heterocycles. The number of thiophene rings is 1. The standard InChI is InChI=1S/C24H27N7O4S/c1-33-19-15-17(6-7-18(19)35-21(32)20-5-4-14-36-20)16-25-29-22-26-23(30-8-2-3-9-30)28-24(27-22)31-10-12-34-13-11-31/h4-7,14-16H,2-3,8-13H2,1H3,(H,26,27,28,29)/b25-16-. The number of hydrogen-bond acceptors (Lipinski definition) is 12. The zero-order chi connectivity index (χ0) is 24.7. The molecule has 2 aliphatic heterocycles. The van der Waals surface area contributed by atoms with Crippen LogP contribution in [0.1, 0.15) is 28.1 Å². The Morgan fingerprint density at radius 1 is 1.06 bits per heavy atom. The largest absolute Gasteiger partial charge is 0.493 e. The molecule has 0 unspecified atom stereocenters. The van der Waals surface area contributed by atoms with Crippen molar-refractivity contribution in [2.24, 2.45) is 5.10 Å². The van der Waals surface area contributed by atoms with E-state index in [0.29, 0.717) is 47.4 Å². The van der Waals surface area contributed by atoms with Crippen LogP contribution in [0.3, 0.4) is 0 Å². The number of aromatic nitrogens is 3. The molecule has 2 aliphatic rings. The number of rotatable bonds is 8. The van der Waals surface area contributed by atoms with Crippen molar-refractivity contribution in [1.82, 2.24) is 15.0 Å². The first-order valence-corrected chi connectivity index (χ1v) is 12.6. The zero-order valence-electron chi connectivity index (χ0n) is 19.9. The van der Waals surface area contributed by atoms with Gasteiger partial charge in [-0.05, 0) is 48.1 Å². The van der Waals surface area contributed by atoms with E-state index in [1.807, 2.05) is 5.38 Å². The van der Waals surface area contributed by atoms with Gasteiger partial charge in [-0.3, -0.25) is 0 Å². The molecule has 0 radical (unpaired) electrons. The van der Waals surface area contributed by atoms with Gasteiger partial charge in [0.2, 0.25) is 17.8 Å². The van der Waals surface area contributed by atoms with Crippen LogP contribution in [0, 0.1) is 0 Å². The molecule has 1 aromatic carbocycles. The number of morpholine rings is 1. The minimum Gasteiger partial charge on any atom is -0.493 e. The molecule has 11 nitrogen and oxygen atoms in total. The van der Waals surface area contributed by atoms with E-state index in [4.69, 9.17) is 19.2 Å². The number of carbonyl (C=O) groups is 1. The molecule has 5 rings (SSSR count). The molecule has 3 aromatic rings. The van der Waals surface area contributed by atoms with Gasteiger partial charge in [0.15, 0.2) is 11.5 Å². The number of nitrogens with one attached hydrogen (secondary N) is 1. The summed E-state index contributed by atoms with van der Waals surface area (Å²) >= 11 is 1.32. The number of ether oxygens (including phenoxy) is 3. The fourth-order valence-corrected chi connectivity index (χ4v) is 4.52. The van der Waals surface area contributed by atoms with E-state index in [1.165, 1.54) is 18.4 Å². The first-order chi connectivity index (χ1) is 17.7. The molecule has 36 heavy (non-hydrogen) atoms. The van der Waals surface area contributed by atoms with Gasteiger partial charge in [0, 0.05) is 26.2 Å². The van der Waals surface area contributed by atoms with E-state index >= 15 is 0 Å². The van der Waals surface area contributed by atoms with Crippen LogP contribution in [-0.4, -0.2) is 73.6 Å². The summed E-state index contributed by atoms with van der Waals surface area (Å²) in [5.74, 6) is 1.98. The minimum absolute atomic E-state index is 0.337. The second-order valence-electron chi connectivity index (χ2n) is 8.20. The molecule has 0 saturated carbocycles. The Morgan fingerprint density at radius 3 is 2.50 bits per heavy atom. The summed E-state index contributed by atoms with van der Waals surface area (Å²) in [5, 5.41) is 6.15. The van der Waals surface area contributed by atoms with Gasteiger partial charge >= 0.3 is 5.97 Å². The second-order valence-corrected chi connectivity index (χ2v) is 9.15. The highest BCUT2D eigenvalue weighted by atomic mass is 32.1. The zero-order valence-corrected chi connectivity index (χ0v) is 20.7. The lowest BCUT2D eigenvalue weighted by atomic mass is 10.2. The maximum absolute atomic E-state index is 12.3. The second kappa shape index (κ2) is 11.3. The lowest BCUT2D eigenvalue weighted by Gasteiger charge is -2.27. The highest BCUT2D eigenvalue weighted by Crippen LogP contribution is 2.29. The van der Waals surface area contributed by atoms with Crippen molar-refractivity contribution in [2.45, 2.75) is 12.8 Å². The fourth-order valence-electron chi connectivity index (χ4n) is 3.93. The number of anilines is 3. The molecule has 0 amide bonds. The van der Waals surface area contributed by atoms with Crippen LogP contribution >= 0.6 is 11.3 Å². The van der Waals surface area contributed by atoms with E-state index in [-0.39, 0.29) is 0 Å². The summed E-state index contributed by atoms with van der Waals surface area (Å²) < 4.78 is 16.4. The van der Waals surface area contributed by atoms with Gasteiger partial charge in [-0.1, -0.05) is 6.07 Å². The lowest BCUT2D eigenvalue weighted by Crippen LogP contribution is -2.38. The van der Waals surface area contributed by atoms with E-state index < -0.39 is 5.97 Å². The summed E-state index contributed by atoms with van der Waals surface area (Å²) in [5.41, 5.74) is 3.68. The van der Waals surface area contributed by atoms with Crippen LogP contribution in [0.2, 0.25) is 0 Å². The van der Waals surface area contributed by atoms with Gasteiger partial charge in [0.1, 0.15) is 4.88 Å². The van der Waals surface area contributed by atoms with Crippen molar-refractivity contribution in [3.05, 3.63) is 46.2 Å². The number of benzene rings is 1. The van der Waals surface area contributed by atoms with E-state index in [0.717, 1.165) is 44.6 Å². The molecule has 2 fully saturated rings. The van der Waals surface area contributed by atoms with Crippen LogP contribution in [-0.2, 0) is 4.74 Å². The van der Waals surface area contributed by atoms with Gasteiger partial charge in [0.05, 0.1) is 26.5 Å². The Morgan fingerprint density at radius 2 is 1.81 bits per heavy atom. The quantitative estimate of drug-likeness (QED) is 0.210. The molecule has 12 heteroatoms. The Kier molecular flexibility index (Phi) is 7.52. The van der Waals surface area contributed by atoms with Crippen molar-refractivity contribution in [1.29, 1.82) is 0 Å². The highest BCUT2D eigenvalue weighted by molar-refractivity contribution is 7.12. The van der Waals surface area contributed by atoms with Crippen LogP contribution in [0.25, 0.3) is 0 Å². The normalized spacial score (nSPS) is 15.9. The summed E-state index contributed by atoms with van der Waals surface area (Å²) in [6.45, 7) is 4.61. The maximum atomic E-state index is 12.3. The van der Waals surface area contributed by atoms with Crippen molar-refractivity contribution < 1.29 is 19.0 Å². The van der Waals surface area contributed by atoms with Crippen LogP contribution < -0.4 is 24.7 Å². The van der Waals surface area contributed by atoms with E-state index in [1.54, 1.807) is 36.5 Å². The van der Waals surface area contributed by atoms with Gasteiger partial charge in [0.25, 0.3) is 0 Å². The first kappa shape index (κ1) is 23.9. The number of carbonyl (C=O) groups excluding carboxylic acids is 1. The molecular weight excluding hydrogens is 482 g/mol. The summed E-state index contributed by atoms with van der Waals surface area (Å²) in [6.07, 6.45) is 3.88. The molecule has 2 saturated heterocycles. The fraction of sp³-hybridized carbons (Fsp3) is 0.375. The molecule has 188 valence electrons. The monoisotopic (exact) mass is 509 g/mol. The number of nitrogens with zero attached hydrogens (tertiary/aromatic N) is 6.